The molecular formula is C26H36N4O2Se2. The molecule has 2 saturated heterocycles. The van der Waals surface area contributed by atoms with Crippen LogP contribution in [0.25, 0.3) is 5.57 Å². The number of hydrogen-bond acceptors (Lipinski definition) is 6. The van der Waals surface area contributed by atoms with Crippen molar-refractivity contribution in [1.29, 1.82) is 0 Å². The van der Waals surface area contributed by atoms with E-state index >= 15 is 0 Å². The summed E-state index contributed by atoms with van der Waals surface area (Å²) in [6.07, 6.45) is 4.82. The van der Waals surface area contributed by atoms with Gasteiger partial charge in [0.05, 0.1) is 0 Å². The van der Waals surface area contributed by atoms with Crippen LogP contribution in [0.4, 0.5) is 9.38 Å². The Morgan fingerprint density at radius 1 is 0.794 bits per heavy atom. The van der Waals surface area contributed by atoms with E-state index in [-0.39, 0.29) is 51.4 Å². The third kappa shape index (κ3) is 4.15. The first kappa shape index (κ1) is 24.4. The average Bonchev–Trinajstić information content (AvgIpc) is 3.51. The maximum atomic E-state index is 13.8. The van der Waals surface area contributed by atoms with E-state index in [9.17, 15) is 9.90 Å². The van der Waals surface area contributed by atoms with Crippen molar-refractivity contribution in [2.24, 2.45) is 0 Å². The number of hydrogen-bond donors (Lipinski definition) is 1. The minimum atomic E-state index is -0.520. The van der Waals surface area contributed by atoms with Crippen molar-refractivity contribution in [2.45, 2.75) is 84.0 Å². The molecule has 6 nitrogen and oxygen atoms in total. The van der Waals surface area contributed by atoms with Crippen LogP contribution in [0.2, 0.25) is 0 Å². The number of rotatable bonds is 4. The number of allylic oxidation sites excluding steroid dienone is 2. The molecule has 0 amide bonds. The van der Waals surface area contributed by atoms with E-state index in [2.05, 4.69) is 51.3 Å². The van der Waals surface area contributed by atoms with Crippen LogP contribution in [0.3, 0.4) is 0 Å². The first-order valence-electron chi connectivity index (χ1n) is 12.5. The fraction of sp³-hybridized carbons (Fsp3) is 0.654. The van der Waals surface area contributed by atoms with Gasteiger partial charge in [-0.2, -0.15) is 0 Å². The number of anilines is 2. The van der Waals surface area contributed by atoms with E-state index in [1.165, 1.54) is 25.7 Å². The predicted octanol–water partition coefficient (Wildman–Crippen LogP) is 4.02. The number of nitrogens with zero attached hydrogens (tertiary/aromatic N) is 4. The van der Waals surface area contributed by atoms with Crippen LogP contribution in [-0.4, -0.2) is 76.0 Å². The van der Waals surface area contributed by atoms with E-state index in [0.717, 1.165) is 55.8 Å². The molecule has 184 valence electrons. The van der Waals surface area contributed by atoms with E-state index in [1.807, 2.05) is 0 Å². The molecule has 1 unspecified atom stereocenters. The van der Waals surface area contributed by atoms with Gasteiger partial charge in [0, 0.05) is 0 Å². The van der Waals surface area contributed by atoms with Gasteiger partial charge in [0.15, 0.2) is 0 Å². The van der Waals surface area contributed by atoms with Gasteiger partial charge in [0.1, 0.15) is 0 Å². The summed E-state index contributed by atoms with van der Waals surface area (Å²) >= 11 is -0.0672. The van der Waals surface area contributed by atoms with Crippen LogP contribution in [0.5, 0.6) is 0 Å². The molecule has 0 aromatic carbocycles. The second-order valence-electron chi connectivity index (χ2n) is 11.8. The summed E-state index contributed by atoms with van der Waals surface area (Å²) in [5.74, 6) is -0.183. The third-order valence-electron chi connectivity index (χ3n) is 6.96. The summed E-state index contributed by atoms with van der Waals surface area (Å²) in [7, 11) is 0. The zero-order valence-corrected chi connectivity index (χ0v) is 24.6. The van der Waals surface area contributed by atoms with E-state index in [0.29, 0.717) is 5.57 Å². The molecule has 0 spiro atoms. The van der Waals surface area contributed by atoms with Crippen LogP contribution < -0.4 is 9.80 Å². The van der Waals surface area contributed by atoms with Gasteiger partial charge in [0.25, 0.3) is 0 Å². The van der Waals surface area contributed by atoms with Gasteiger partial charge in [-0.15, -0.1) is 0 Å². The topological polar surface area (TPSA) is 69.6 Å². The molecular weight excluding hydrogens is 558 g/mol. The number of ketones is 1. The second-order valence-corrected chi connectivity index (χ2v) is 16.0. The number of aromatic nitrogens is 2. The maximum absolute atomic E-state index is 13.8. The summed E-state index contributed by atoms with van der Waals surface area (Å²) in [6.45, 7) is 17.2. The van der Waals surface area contributed by atoms with Crippen molar-refractivity contribution in [3.05, 3.63) is 26.0 Å². The van der Waals surface area contributed by atoms with Gasteiger partial charge < -0.3 is 0 Å². The molecule has 2 aromatic rings. The van der Waals surface area contributed by atoms with Crippen molar-refractivity contribution in [2.75, 3.05) is 36.0 Å². The Morgan fingerprint density at radius 2 is 1.26 bits per heavy atom. The molecule has 8 heteroatoms. The average molecular weight is 595 g/mol. The summed E-state index contributed by atoms with van der Waals surface area (Å²) in [6, 6.07) is 0. The zero-order valence-electron chi connectivity index (χ0n) is 21.2. The molecule has 2 aliphatic heterocycles. The number of carbonyl (C=O) groups excluding carboxylic acids is 1. The summed E-state index contributed by atoms with van der Waals surface area (Å²) < 4.78 is 4.33. The van der Waals surface area contributed by atoms with Gasteiger partial charge in [-0.05, 0) is 0 Å². The second kappa shape index (κ2) is 8.65. The Hall–Kier alpha value is -1.33. The van der Waals surface area contributed by atoms with Gasteiger partial charge in [-0.1, -0.05) is 0 Å². The molecule has 0 bridgehead atoms. The Morgan fingerprint density at radius 3 is 1.74 bits per heavy atom. The van der Waals surface area contributed by atoms with Crippen molar-refractivity contribution in [3.8, 4) is 0 Å². The van der Waals surface area contributed by atoms with Gasteiger partial charge in [0.2, 0.25) is 0 Å². The van der Waals surface area contributed by atoms with E-state index in [1.54, 1.807) is 0 Å². The quantitative estimate of drug-likeness (QED) is 0.540. The van der Waals surface area contributed by atoms with Crippen molar-refractivity contribution >= 4 is 49.7 Å². The van der Waals surface area contributed by atoms with Crippen LogP contribution in [0, 0.1) is 0 Å². The fourth-order valence-electron chi connectivity index (χ4n) is 5.06. The third-order valence-corrected chi connectivity index (χ3v) is 11.8. The molecule has 0 saturated carbocycles. The molecule has 34 heavy (non-hydrogen) atoms. The van der Waals surface area contributed by atoms with Crippen LogP contribution in [0.1, 0.15) is 93.4 Å². The Labute approximate surface area is 215 Å². The molecule has 4 heterocycles. The minimum absolute atomic E-state index is 0.0218. The Bertz CT molecular complexity index is 1140. The Kier molecular flexibility index (Phi) is 6.20. The molecule has 3 aliphatic rings. The first-order chi connectivity index (χ1) is 16.0. The van der Waals surface area contributed by atoms with Crippen LogP contribution in [0.15, 0.2) is 5.76 Å². The van der Waals surface area contributed by atoms with E-state index < -0.39 is 5.92 Å². The number of Topliss-reactive ketones (excluding diaryl/α,β-unsaturated/α-hetero) is 1. The zero-order chi connectivity index (χ0) is 24.4. The van der Waals surface area contributed by atoms with Crippen LogP contribution in [-0.2, 0) is 15.6 Å². The van der Waals surface area contributed by atoms with Crippen molar-refractivity contribution < 1.29 is 9.90 Å². The van der Waals surface area contributed by atoms with Crippen molar-refractivity contribution in [3.63, 3.8) is 0 Å². The normalized spacial score (nSPS) is 21.7. The Balaban J connectivity index is 1.56. The molecule has 1 N–H and O–H groups in total. The molecule has 5 rings (SSSR count). The fourth-order valence-corrected chi connectivity index (χ4v) is 11.0. The summed E-state index contributed by atoms with van der Waals surface area (Å²) in [5, 5.41) is 11.4. The summed E-state index contributed by atoms with van der Waals surface area (Å²) in [5.41, 5.74) is 2.22. The standard InChI is InChI=1S/C26H36N4O2Se2/c1-25(2,3)21-19(33-23(27-21)29-11-7-8-12-29)15-17(31)16(18(15)32)20-22(26(4,5)6)28-24(34-20)30-13-9-10-14-30/h15,31H,7-14H2,1-6H3. The number of aliphatic hydroxyl groups excluding tert-OH is 1. The molecule has 2 aromatic heterocycles. The molecule has 1 aliphatic carbocycles. The SMILES string of the molecule is CC(C)(C)c1nc(N2CCCC2)[se]c1C1=C(O)C(c2[se]c(N3CCCC3)nc2C(C)(C)C)C1=O. The van der Waals surface area contributed by atoms with Gasteiger partial charge >= 0.3 is 216 Å². The number of carbonyl (C=O) groups is 1. The molecule has 1 atom stereocenters. The molecule has 2 fully saturated rings. The van der Waals surface area contributed by atoms with Gasteiger partial charge in [-0.25, -0.2) is 0 Å². The number of aliphatic hydroxyl groups is 1. The van der Waals surface area contributed by atoms with Gasteiger partial charge in [-0.3, -0.25) is 0 Å². The molecule has 0 radical (unpaired) electrons. The van der Waals surface area contributed by atoms with Crippen LogP contribution >= 0.6 is 0 Å². The summed E-state index contributed by atoms with van der Waals surface area (Å²) in [4.78, 5) is 28.6. The first-order valence-corrected chi connectivity index (χ1v) is 15.9. The van der Waals surface area contributed by atoms with E-state index in [4.69, 9.17) is 9.97 Å². The van der Waals surface area contributed by atoms with Crippen molar-refractivity contribution in [1.82, 2.24) is 9.97 Å². The monoisotopic (exact) mass is 596 g/mol. The predicted molar refractivity (Wildman–Crippen MR) is 140 cm³/mol.